The Kier molecular flexibility index (Phi) is 5.29. The summed E-state index contributed by atoms with van der Waals surface area (Å²) in [5.74, 6) is -1.65. The van der Waals surface area contributed by atoms with Crippen molar-refractivity contribution in [3.8, 4) is 0 Å². The smallest absolute Gasteiger partial charge is 0.296 e. The van der Waals surface area contributed by atoms with Crippen LogP contribution in [0.3, 0.4) is 0 Å². The first-order valence-corrected chi connectivity index (χ1v) is 11.9. The summed E-state index contributed by atoms with van der Waals surface area (Å²) in [6, 6.07) is 14.9. The average Bonchev–Trinajstić information content (AvgIpc) is 3.46. The molecule has 1 amide bonds. The van der Waals surface area contributed by atoms with Gasteiger partial charge in [0.15, 0.2) is 10.9 Å². The van der Waals surface area contributed by atoms with Crippen molar-refractivity contribution < 1.29 is 14.7 Å². The monoisotopic (exact) mass is 500 g/mol. The van der Waals surface area contributed by atoms with Gasteiger partial charge in [0.05, 0.1) is 26.2 Å². The molecule has 1 atom stereocenters. The zero-order chi connectivity index (χ0) is 22.6. The Morgan fingerprint density at radius 1 is 1.06 bits per heavy atom. The molecule has 0 spiro atoms. The van der Waals surface area contributed by atoms with Gasteiger partial charge >= 0.3 is 0 Å². The number of carbonyl (C=O) groups is 2. The van der Waals surface area contributed by atoms with Gasteiger partial charge in [0, 0.05) is 9.90 Å². The number of Topliss-reactive ketones (excluding diaryl/α,β-unsaturated/α-hetero) is 1. The molecular weight excluding hydrogens is 487 g/mol. The number of aliphatic hydroxyl groups is 1. The van der Waals surface area contributed by atoms with E-state index in [1.807, 2.05) is 19.1 Å². The van der Waals surface area contributed by atoms with Crippen molar-refractivity contribution in [1.29, 1.82) is 0 Å². The molecule has 0 radical (unpaired) electrons. The number of amides is 1. The highest BCUT2D eigenvalue weighted by Gasteiger charge is 2.46. The van der Waals surface area contributed by atoms with Gasteiger partial charge in [-0.25, -0.2) is 4.98 Å². The molecule has 2 aromatic heterocycles. The highest BCUT2D eigenvalue weighted by atomic mass is 35.5. The molecule has 0 saturated carbocycles. The number of anilines is 1. The van der Waals surface area contributed by atoms with Crippen molar-refractivity contribution in [2.75, 3.05) is 4.90 Å². The van der Waals surface area contributed by atoms with Crippen molar-refractivity contribution >= 4 is 72.9 Å². The molecule has 0 saturated heterocycles. The third kappa shape index (κ3) is 3.42. The predicted molar refractivity (Wildman–Crippen MR) is 129 cm³/mol. The van der Waals surface area contributed by atoms with Crippen LogP contribution in [0.5, 0.6) is 0 Å². The third-order valence-corrected chi connectivity index (χ3v) is 7.74. The zero-order valence-corrected chi connectivity index (χ0v) is 19.6. The van der Waals surface area contributed by atoms with Gasteiger partial charge in [0.2, 0.25) is 5.78 Å². The summed E-state index contributed by atoms with van der Waals surface area (Å²) in [5, 5.41) is 12.2. The lowest BCUT2D eigenvalue weighted by atomic mass is 9.95. The van der Waals surface area contributed by atoms with Crippen LogP contribution in [0.1, 0.15) is 26.2 Å². The Hall–Kier alpha value is -2.71. The van der Waals surface area contributed by atoms with E-state index in [0.717, 1.165) is 9.58 Å². The summed E-state index contributed by atoms with van der Waals surface area (Å²) >= 11 is 14.9. The summed E-state index contributed by atoms with van der Waals surface area (Å²) in [7, 11) is 0. The second kappa shape index (κ2) is 8.01. The number of ketones is 1. The molecule has 3 heterocycles. The van der Waals surface area contributed by atoms with Gasteiger partial charge in [-0.15, -0.1) is 11.3 Å². The van der Waals surface area contributed by atoms with E-state index < -0.39 is 23.5 Å². The van der Waals surface area contributed by atoms with Crippen molar-refractivity contribution in [2.24, 2.45) is 0 Å². The number of carbonyl (C=O) groups excluding carboxylic acids is 2. The van der Waals surface area contributed by atoms with Crippen molar-refractivity contribution in [3.63, 3.8) is 0 Å². The Morgan fingerprint density at radius 3 is 2.47 bits per heavy atom. The topological polar surface area (TPSA) is 70.5 Å². The SMILES string of the molecule is Cc1ccc(C(=O)C2=C(O)C(=O)N(c3nc4c(Cl)cccc4s3)C2c2ccc(Cl)cc2)s1. The number of aliphatic hydroxyl groups excluding tert-OH is 1. The molecule has 9 heteroatoms. The largest absolute Gasteiger partial charge is 0.503 e. The van der Waals surface area contributed by atoms with Crippen LogP contribution in [0, 0.1) is 6.92 Å². The number of aryl methyl sites for hydroxylation is 1. The fourth-order valence-corrected chi connectivity index (χ4v) is 5.93. The molecule has 5 rings (SSSR count). The minimum absolute atomic E-state index is 0.0181. The molecule has 0 fully saturated rings. The molecule has 160 valence electrons. The number of hydrogen-bond donors (Lipinski definition) is 1. The standard InChI is InChI=1S/C23H14Cl2N2O3S2/c1-11-5-10-16(31-11)20(28)17-19(12-6-8-13(24)9-7-12)27(22(30)21(17)29)23-26-18-14(25)3-2-4-15(18)32-23/h2-10,19,29H,1H3. The van der Waals surface area contributed by atoms with Gasteiger partial charge in [0.25, 0.3) is 5.91 Å². The normalized spacial score (nSPS) is 16.4. The Labute approximate surface area is 201 Å². The molecule has 1 aliphatic rings. The number of nitrogens with zero attached hydrogens (tertiary/aromatic N) is 2. The second-order valence-corrected chi connectivity index (χ2v) is 10.4. The number of thiophene rings is 1. The van der Waals surface area contributed by atoms with Gasteiger partial charge in [-0.3, -0.25) is 14.5 Å². The lowest BCUT2D eigenvalue weighted by Gasteiger charge is -2.24. The molecule has 2 aromatic carbocycles. The summed E-state index contributed by atoms with van der Waals surface area (Å²) in [4.78, 5) is 34.0. The van der Waals surface area contributed by atoms with E-state index in [0.29, 0.717) is 31.1 Å². The number of benzene rings is 2. The Morgan fingerprint density at radius 2 is 1.81 bits per heavy atom. The summed E-state index contributed by atoms with van der Waals surface area (Å²) in [6.07, 6.45) is 0. The van der Waals surface area contributed by atoms with E-state index in [2.05, 4.69) is 4.98 Å². The summed E-state index contributed by atoms with van der Waals surface area (Å²) in [6.45, 7) is 1.89. The van der Waals surface area contributed by atoms with Gasteiger partial charge in [0.1, 0.15) is 5.52 Å². The minimum Gasteiger partial charge on any atom is -0.503 e. The van der Waals surface area contributed by atoms with Crippen molar-refractivity contribution in [1.82, 2.24) is 4.98 Å². The second-order valence-electron chi connectivity index (χ2n) is 7.21. The quantitative estimate of drug-likeness (QED) is 0.314. The first kappa shape index (κ1) is 21.2. The van der Waals surface area contributed by atoms with E-state index in [1.165, 1.54) is 27.6 Å². The molecule has 0 aliphatic carbocycles. The number of hydrogen-bond acceptors (Lipinski definition) is 6. The maximum absolute atomic E-state index is 13.4. The molecule has 0 bridgehead atoms. The van der Waals surface area contributed by atoms with Crippen LogP contribution in [-0.2, 0) is 4.79 Å². The maximum Gasteiger partial charge on any atom is 0.296 e. The van der Waals surface area contributed by atoms with Crippen LogP contribution >= 0.6 is 45.9 Å². The van der Waals surface area contributed by atoms with Crippen LogP contribution in [0.25, 0.3) is 10.2 Å². The van der Waals surface area contributed by atoms with Crippen molar-refractivity contribution in [3.05, 3.63) is 91.3 Å². The van der Waals surface area contributed by atoms with E-state index in [-0.39, 0.29) is 5.57 Å². The van der Waals surface area contributed by atoms with Crippen LogP contribution in [-0.4, -0.2) is 21.8 Å². The fourth-order valence-electron chi connectivity index (χ4n) is 3.69. The summed E-state index contributed by atoms with van der Waals surface area (Å²) in [5.41, 5.74) is 1.21. The van der Waals surface area contributed by atoms with E-state index >= 15 is 0 Å². The van der Waals surface area contributed by atoms with Crippen LogP contribution in [0.4, 0.5) is 5.13 Å². The molecule has 4 aromatic rings. The number of para-hydroxylation sites is 1. The molecular formula is C23H14Cl2N2O3S2. The molecule has 5 nitrogen and oxygen atoms in total. The minimum atomic E-state index is -0.853. The lowest BCUT2D eigenvalue weighted by molar-refractivity contribution is -0.117. The molecule has 1 aliphatic heterocycles. The van der Waals surface area contributed by atoms with Crippen LogP contribution < -0.4 is 4.90 Å². The van der Waals surface area contributed by atoms with Gasteiger partial charge in [-0.05, 0) is 48.9 Å². The molecule has 1 N–H and O–H groups in total. The number of aromatic nitrogens is 1. The van der Waals surface area contributed by atoms with Gasteiger partial charge in [-0.2, -0.15) is 0 Å². The van der Waals surface area contributed by atoms with Gasteiger partial charge in [-0.1, -0.05) is 52.7 Å². The summed E-state index contributed by atoms with van der Waals surface area (Å²) < 4.78 is 0.795. The highest BCUT2D eigenvalue weighted by molar-refractivity contribution is 7.22. The average molecular weight is 501 g/mol. The zero-order valence-electron chi connectivity index (χ0n) is 16.5. The number of rotatable bonds is 4. The van der Waals surface area contributed by atoms with Crippen LogP contribution in [0.15, 0.2) is 65.9 Å². The Balaban J connectivity index is 1.69. The number of halogens is 2. The predicted octanol–water partition coefficient (Wildman–Crippen LogP) is 6.76. The van der Waals surface area contributed by atoms with Crippen LogP contribution in [0.2, 0.25) is 10.0 Å². The maximum atomic E-state index is 13.4. The first-order chi connectivity index (χ1) is 15.3. The Bertz CT molecular complexity index is 1420. The molecule has 32 heavy (non-hydrogen) atoms. The lowest BCUT2D eigenvalue weighted by Crippen LogP contribution is -2.30. The fraction of sp³-hybridized carbons (Fsp3) is 0.0870. The van der Waals surface area contributed by atoms with E-state index in [1.54, 1.807) is 42.5 Å². The third-order valence-electron chi connectivity index (χ3n) is 5.17. The van der Waals surface area contributed by atoms with Gasteiger partial charge < -0.3 is 5.11 Å². The number of fused-ring (bicyclic) bond motifs is 1. The highest BCUT2D eigenvalue weighted by Crippen LogP contribution is 2.45. The van der Waals surface area contributed by atoms with E-state index in [9.17, 15) is 14.7 Å². The van der Waals surface area contributed by atoms with E-state index in [4.69, 9.17) is 23.2 Å². The first-order valence-electron chi connectivity index (χ1n) is 9.53. The van der Waals surface area contributed by atoms with Crippen molar-refractivity contribution in [2.45, 2.75) is 13.0 Å². The molecule has 1 unspecified atom stereocenters. The number of thiazole rings is 1.